The third kappa shape index (κ3) is 6.11. The molecule has 10 heteroatoms. The Morgan fingerprint density at radius 3 is 2.54 bits per heavy atom. The lowest BCUT2D eigenvalue weighted by molar-refractivity contribution is -0.147. The Morgan fingerprint density at radius 2 is 1.84 bits per heavy atom. The highest BCUT2D eigenvalue weighted by Gasteiger charge is 2.40. The number of anilines is 2. The molecule has 2 unspecified atom stereocenters. The molecule has 7 nitrogen and oxygen atoms in total. The van der Waals surface area contributed by atoms with Gasteiger partial charge in [-0.15, -0.1) is 0 Å². The minimum Gasteiger partial charge on any atom is -0.481 e. The van der Waals surface area contributed by atoms with Crippen LogP contribution in [0.5, 0.6) is 0 Å². The summed E-state index contributed by atoms with van der Waals surface area (Å²) in [5.74, 6) is 1.89. The average molecular weight is 567 g/mol. The first-order valence-electron chi connectivity index (χ1n) is 13.2. The van der Waals surface area contributed by atoms with Crippen LogP contribution in [0.3, 0.4) is 0 Å². The van der Waals surface area contributed by atoms with Crippen LogP contribution in [0, 0.1) is 17.8 Å². The van der Waals surface area contributed by atoms with Crippen molar-refractivity contribution in [2.45, 2.75) is 57.5 Å². The lowest BCUT2D eigenvalue weighted by Crippen LogP contribution is -2.52. The summed E-state index contributed by atoms with van der Waals surface area (Å²) >= 11 is 18.9. The van der Waals surface area contributed by atoms with Gasteiger partial charge in [-0.2, -0.15) is 4.98 Å². The van der Waals surface area contributed by atoms with Gasteiger partial charge in [0, 0.05) is 35.7 Å². The molecule has 3 aliphatic rings. The van der Waals surface area contributed by atoms with E-state index >= 15 is 0 Å². The Kier molecular flexibility index (Phi) is 8.34. The van der Waals surface area contributed by atoms with Crippen molar-refractivity contribution in [2.75, 3.05) is 36.4 Å². The van der Waals surface area contributed by atoms with Crippen LogP contribution in [0.15, 0.2) is 24.4 Å². The zero-order valence-corrected chi connectivity index (χ0v) is 23.3. The van der Waals surface area contributed by atoms with Crippen molar-refractivity contribution in [1.82, 2.24) is 14.9 Å². The highest BCUT2D eigenvalue weighted by molar-refractivity contribution is 6.35. The van der Waals surface area contributed by atoms with Crippen LogP contribution in [0.1, 0.15) is 57.1 Å². The number of halogens is 3. The minimum absolute atomic E-state index is 0.105. The summed E-state index contributed by atoms with van der Waals surface area (Å²) < 4.78 is 0. The standard InChI is InChI=1S/C27H34Cl3N5O2/c1-16(22-5-4-20(28)13-23(22)29)32-25-24(30)14-31-27(33-25)34-9-6-17(7-10-34)18-3-2-8-35(15-18)21-11-19(12-21)26(36)37/h4-5,13-14,16-19,21H,2-3,6-12,15H2,1H3,(H,36,37)(H,31,32,33). The van der Waals surface area contributed by atoms with Crippen molar-refractivity contribution in [3.05, 3.63) is 45.0 Å². The Labute approximate surface area is 233 Å². The molecule has 2 saturated heterocycles. The van der Waals surface area contributed by atoms with E-state index in [1.807, 2.05) is 19.1 Å². The number of nitrogens with zero attached hydrogens (tertiary/aromatic N) is 4. The summed E-state index contributed by atoms with van der Waals surface area (Å²) in [6.07, 6.45) is 8.01. The summed E-state index contributed by atoms with van der Waals surface area (Å²) in [5, 5.41) is 14.3. The van der Waals surface area contributed by atoms with Gasteiger partial charge in [-0.1, -0.05) is 40.9 Å². The maximum absolute atomic E-state index is 11.2. The van der Waals surface area contributed by atoms with Crippen LogP contribution in [-0.2, 0) is 4.79 Å². The molecule has 1 aromatic heterocycles. The summed E-state index contributed by atoms with van der Waals surface area (Å²) in [7, 11) is 0. The second kappa shape index (κ2) is 11.5. The predicted molar refractivity (Wildman–Crippen MR) is 149 cm³/mol. The third-order valence-corrected chi connectivity index (χ3v) is 9.31. The molecule has 2 aromatic rings. The molecule has 0 spiro atoms. The summed E-state index contributed by atoms with van der Waals surface area (Å²) in [4.78, 5) is 25.3. The molecule has 200 valence electrons. The zero-order chi connectivity index (χ0) is 26.1. The second-order valence-corrected chi connectivity index (χ2v) is 12.0. The highest BCUT2D eigenvalue weighted by Crippen LogP contribution is 2.38. The van der Waals surface area contributed by atoms with Crippen molar-refractivity contribution in [1.29, 1.82) is 0 Å². The van der Waals surface area contributed by atoms with Gasteiger partial charge in [0.05, 0.1) is 18.2 Å². The molecule has 1 aliphatic carbocycles. The fourth-order valence-corrected chi connectivity index (χ4v) is 6.88. The normalized spacial score (nSPS) is 25.9. The van der Waals surface area contributed by atoms with E-state index in [1.165, 1.54) is 12.8 Å². The summed E-state index contributed by atoms with van der Waals surface area (Å²) in [6.45, 7) is 6.08. The molecule has 0 radical (unpaired) electrons. The molecule has 3 heterocycles. The largest absolute Gasteiger partial charge is 0.481 e. The number of benzene rings is 1. The molecule has 37 heavy (non-hydrogen) atoms. The van der Waals surface area contributed by atoms with E-state index in [0.29, 0.717) is 44.7 Å². The monoisotopic (exact) mass is 565 g/mol. The summed E-state index contributed by atoms with van der Waals surface area (Å²) in [6, 6.07) is 5.82. The van der Waals surface area contributed by atoms with Gasteiger partial charge in [-0.3, -0.25) is 4.79 Å². The molecule has 1 saturated carbocycles. The zero-order valence-electron chi connectivity index (χ0n) is 21.0. The molecule has 5 rings (SSSR count). The van der Waals surface area contributed by atoms with Crippen LogP contribution < -0.4 is 10.2 Å². The smallest absolute Gasteiger partial charge is 0.306 e. The van der Waals surface area contributed by atoms with Gasteiger partial charge in [0.2, 0.25) is 5.95 Å². The van der Waals surface area contributed by atoms with Gasteiger partial charge >= 0.3 is 5.97 Å². The van der Waals surface area contributed by atoms with E-state index in [4.69, 9.17) is 39.8 Å². The minimum atomic E-state index is -0.636. The molecular formula is C27H34Cl3N5O2. The molecule has 2 atom stereocenters. The third-order valence-electron chi connectivity index (χ3n) is 8.47. The Balaban J connectivity index is 1.17. The number of hydrogen-bond donors (Lipinski definition) is 2. The molecular weight excluding hydrogens is 533 g/mol. The molecule has 3 fully saturated rings. The number of aliphatic carboxylic acids is 1. The maximum atomic E-state index is 11.2. The SMILES string of the molecule is CC(Nc1nc(N2CCC(C3CCCN(C4CC(C(=O)O)C4)C3)CC2)ncc1Cl)c1ccc(Cl)cc1Cl. The van der Waals surface area contributed by atoms with Gasteiger partial charge in [-0.25, -0.2) is 4.98 Å². The first kappa shape index (κ1) is 26.8. The molecule has 1 aromatic carbocycles. The van der Waals surface area contributed by atoms with Crippen LogP contribution in [0.2, 0.25) is 15.1 Å². The number of nitrogens with one attached hydrogen (secondary N) is 1. The Hall–Kier alpha value is -1.80. The first-order chi connectivity index (χ1) is 17.8. The number of carboxylic acid groups (broad SMARTS) is 1. The van der Waals surface area contributed by atoms with Gasteiger partial charge in [0.15, 0.2) is 5.82 Å². The number of hydrogen-bond acceptors (Lipinski definition) is 6. The van der Waals surface area contributed by atoms with E-state index in [9.17, 15) is 9.90 Å². The molecule has 2 N–H and O–H groups in total. The maximum Gasteiger partial charge on any atom is 0.306 e. The van der Waals surface area contributed by atoms with Crippen molar-refractivity contribution >= 4 is 52.5 Å². The fraction of sp³-hybridized carbons (Fsp3) is 0.593. The average Bonchev–Trinajstić information content (AvgIpc) is 2.84. The lowest BCUT2D eigenvalue weighted by atomic mass is 9.75. The predicted octanol–water partition coefficient (Wildman–Crippen LogP) is 6.40. The quantitative estimate of drug-likeness (QED) is 0.401. The fourth-order valence-electron chi connectivity index (χ4n) is 6.16. The van der Waals surface area contributed by atoms with E-state index in [-0.39, 0.29) is 12.0 Å². The van der Waals surface area contributed by atoms with E-state index < -0.39 is 5.97 Å². The molecule has 0 amide bonds. The topological polar surface area (TPSA) is 81.6 Å². The molecule has 0 bridgehead atoms. The number of carbonyl (C=O) groups is 1. The number of aromatic nitrogens is 2. The summed E-state index contributed by atoms with van der Waals surface area (Å²) in [5.41, 5.74) is 0.921. The van der Waals surface area contributed by atoms with Crippen LogP contribution in [0.4, 0.5) is 11.8 Å². The highest BCUT2D eigenvalue weighted by atomic mass is 35.5. The van der Waals surface area contributed by atoms with Crippen molar-refractivity contribution in [2.24, 2.45) is 17.8 Å². The van der Waals surface area contributed by atoms with E-state index in [1.54, 1.807) is 12.3 Å². The van der Waals surface area contributed by atoms with Crippen molar-refractivity contribution in [3.8, 4) is 0 Å². The molecule has 2 aliphatic heterocycles. The Bertz CT molecular complexity index is 1120. The lowest BCUT2D eigenvalue weighted by Gasteiger charge is -2.47. The van der Waals surface area contributed by atoms with Gasteiger partial charge < -0.3 is 20.2 Å². The van der Waals surface area contributed by atoms with Gasteiger partial charge in [0.25, 0.3) is 0 Å². The van der Waals surface area contributed by atoms with E-state index in [0.717, 1.165) is 57.4 Å². The Morgan fingerprint density at radius 1 is 1.08 bits per heavy atom. The second-order valence-electron chi connectivity index (χ2n) is 10.8. The number of likely N-dealkylation sites (tertiary alicyclic amines) is 1. The first-order valence-corrected chi connectivity index (χ1v) is 14.4. The van der Waals surface area contributed by atoms with Crippen LogP contribution >= 0.6 is 34.8 Å². The van der Waals surface area contributed by atoms with Gasteiger partial charge in [0.1, 0.15) is 5.02 Å². The number of carboxylic acids is 1. The van der Waals surface area contributed by atoms with Crippen LogP contribution in [0.25, 0.3) is 0 Å². The van der Waals surface area contributed by atoms with Crippen molar-refractivity contribution in [3.63, 3.8) is 0 Å². The van der Waals surface area contributed by atoms with Crippen molar-refractivity contribution < 1.29 is 9.90 Å². The van der Waals surface area contributed by atoms with Gasteiger partial charge in [-0.05, 0) is 81.5 Å². The van der Waals surface area contributed by atoms with Crippen LogP contribution in [-0.4, -0.2) is 58.2 Å². The number of rotatable bonds is 7. The van der Waals surface area contributed by atoms with E-state index in [2.05, 4.69) is 20.1 Å². The number of piperidine rings is 2.